The Morgan fingerprint density at radius 1 is 0.800 bits per heavy atom. The van der Waals surface area contributed by atoms with Gasteiger partial charge >= 0.3 is 12.1 Å². The van der Waals surface area contributed by atoms with Gasteiger partial charge in [-0.3, -0.25) is 33.7 Å². The molecule has 17 nitrogen and oxygen atoms in total. The molecule has 17 heteroatoms. The molecule has 0 radical (unpaired) electrons. The summed E-state index contributed by atoms with van der Waals surface area (Å²) in [6.07, 6.45) is 4.00. The Balaban J connectivity index is 1.91. The lowest BCUT2D eigenvalue weighted by atomic mass is 10.0. The molecule has 1 aliphatic heterocycles. The first-order valence-electron chi connectivity index (χ1n) is 16.5. The standard InChI is InChI=1S/C33H48N8O9/c1-21(2)29(40-26(43)9-5-4-6-19-41-27(44)14-15-28(41)45)31(47)39-25(8-7-16-36-32(34)48)30(46)38-24-12-10-23(11-13-24)20-50-33(49)37-18-17-35-22(3)42/h10-15,21,25,29H,4-9,16-20H2,1-3H3,(H,35,42)(H,37,49)(H,38,46)(H,39,47)(H,40,43)(H3,34,36,48)/t25-,29-/m0/s1. The van der Waals surface area contributed by atoms with Gasteiger partial charge in [-0.15, -0.1) is 0 Å². The van der Waals surface area contributed by atoms with Gasteiger partial charge in [0.2, 0.25) is 23.6 Å². The molecule has 8 N–H and O–H groups in total. The van der Waals surface area contributed by atoms with Crippen molar-refractivity contribution in [3.8, 4) is 0 Å². The predicted molar refractivity (Wildman–Crippen MR) is 182 cm³/mol. The Morgan fingerprint density at radius 2 is 1.46 bits per heavy atom. The van der Waals surface area contributed by atoms with E-state index in [4.69, 9.17) is 10.5 Å². The summed E-state index contributed by atoms with van der Waals surface area (Å²) in [5, 5.41) is 15.7. The number of carbonyl (C=O) groups is 8. The van der Waals surface area contributed by atoms with E-state index in [9.17, 15) is 38.4 Å². The number of ether oxygens (including phenoxy) is 1. The van der Waals surface area contributed by atoms with Crippen LogP contribution < -0.4 is 37.6 Å². The van der Waals surface area contributed by atoms with Crippen LogP contribution in [0, 0.1) is 5.92 Å². The average molecular weight is 701 g/mol. The van der Waals surface area contributed by atoms with Gasteiger partial charge in [0.15, 0.2) is 0 Å². The van der Waals surface area contributed by atoms with Crippen LogP contribution in [0.4, 0.5) is 15.3 Å². The maximum Gasteiger partial charge on any atom is 0.407 e. The SMILES string of the molecule is CC(=O)NCCNC(=O)OCc1ccc(NC(=O)[C@H](CCCNC(N)=O)NC(=O)[C@@H](NC(=O)CCCCCN2C(=O)C=CC2=O)C(C)C)cc1. The highest BCUT2D eigenvalue weighted by molar-refractivity contribution is 6.12. The molecule has 2 rings (SSSR count). The number of unbranched alkanes of at least 4 members (excludes halogenated alkanes) is 2. The Hall–Kier alpha value is -5.48. The van der Waals surface area contributed by atoms with Crippen molar-refractivity contribution in [2.75, 3.05) is 31.5 Å². The normalized spacial score (nSPS) is 13.3. The first-order valence-corrected chi connectivity index (χ1v) is 16.5. The molecule has 0 saturated carbocycles. The van der Waals surface area contributed by atoms with Crippen LogP contribution in [0.3, 0.4) is 0 Å². The van der Waals surface area contributed by atoms with Crippen LogP contribution >= 0.6 is 0 Å². The van der Waals surface area contributed by atoms with Gasteiger partial charge in [-0.2, -0.15) is 0 Å². The summed E-state index contributed by atoms with van der Waals surface area (Å²) in [7, 11) is 0. The third-order valence-corrected chi connectivity index (χ3v) is 7.41. The lowest BCUT2D eigenvalue weighted by molar-refractivity contribution is -0.137. The van der Waals surface area contributed by atoms with Crippen LogP contribution in [0.25, 0.3) is 0 Å². The van der Waals surface area contributed by atoms with Crippen molar-refractivity contribution in [3.05, 3.63) is 42.0 Å². The summed E-state index contributed by atoms with van der Waals surface area (Å²) in [6, 6.07) is 3.83. The monoisotopic (exact) mass is 700 g/mol. The number of carbonyl (C=O) groups excluding carboxylic acids is 8. The maximum atomic E-state index is 13.4. The van der Waals surface area contributed by atoms with Gasteiger partial charge < -0.3 is 42.4 Å². The number of urea groups is 1. The number of nitrogens with zero attached hydrogens (tertiary/aromatic N) is 1. The summed E-state index contributed by atoms with van der Waals surface area (Å²) in [5.74, 6) is -2.67. The van der Waals surface area contributed by atoms with E-state index in [-0.39, 0.29) is 75.2 Å². The Labute approximate surface area is 290 Å². The molecule has 0 bridgehead atoms. The molecule has 1 aromatic carbocycles. The molecule has 9 amide bonds. The molecule has 0 fully saturated rings. The van der Waals surface area contributed by atoms with Crippen molar-refractivity contribution in [1.29, 1.82) is 0 Å². The third-order valence-electron chi connectivity index (χ3n) is 7.41. The van der Waals surface area contributed by atoms with Crippen molar-refractivity contribution in [2.45, 2.75) is 78.0 Å². The second-order valence-corrected chi connectivity index (χ2v) is 11.9. The fourth-order valence-electron chi connectivity index (χ4n) is 4.73. The van der Waals surface area contributed by atoms with Crippen molar-refractivity contribution in [2.24, 2.45) is 11.7 Å². The lowest BCUT2D eigenvalue weighted by Gasteiger charge is -2.25. The number of nitrogens with two attached hydrogens (primary N) is 1. The molecule has 50 heavy (non-hydrogen) atoms. The minimum Gasteiger partial charge on any atom is -0.445 e. The van der Waals surface area contributed by atoms with Crippen LogP contribution in [0.15, 0.2) is 36.4 Å². The molecular weight excluding hydrogens is 652 g/mol. The Morgan fingerprint density at radius 3 is 2.08 bits per heavy atom. The van der Waals surface area contributed by atoms with Crippen LogP contribution in [0.1, 0.15) is 64.9 Å². The second kappa shape index (κ2) is 21.5. The molecule has 1 heterocycles. The molecule has 1 aliphatic rings. The number of benzene rings is 1. The number of nitrogens with one attached hydrogen (secondary N) is 6. The first kappa shape index (κ1) is 40.7. The van der Waals surface area contributed by atoms with Crippen LogP contribution in [-0.4, -0.2) is 90.7 Å². The molecule has 0 spiro atoms. The van der Waals surface area contributed by atoms with Crippen LogP contribution in [0.5, 0.6) is 0 Å². The molecule has 0 saturated heterocycles. The average Bonchev–Trinajstić information content (AvgIpc) is 3.38. The van der Waals surface area contributed by atoms with Crippen molar-refractivity contribution in [3.63, 3.8) is 0 Å². The molecule has 2 atom stereocenters. The number of anilines is 1. The van der Waals surface area contributed by atoms with Gasteiger partial charge in [0.05, 0.1) is 0 Å². The van der Waals surface area contributed by atoms with E-state index in [1.165, 1.54) is 19.1 Å². The number of hydrogen-bond donors (Lipinski definition) is 7. The van der Waals surface area contributed by atoms with Crippen LogP contribution in [-0.2, 0) is 40.1 Å². The minimum absolute atomic E-state index is 0.0353. The number of imide groups is 1. The van der Waals surface area contributed by atoms with Crippen molar-refractivity contribution in [1.82, 2.24) is 31.5 Å². The van der Waals surface area contributed by atoms with Gasteiger partial charge in [0.1, 0.15) is 18.7 Å². The number of primary amides is 1. The number of rotatable bonds is 21. The van der Waals surface area contributed by atoms with E-state index < -0.39 is 36.0 Å². The van der Waals surface area contributed by atoms with Gasteiger partial charge in [-0.25, -0.2) is 9.59 Å². The molecule has 0 unspecified atom stereocenters. The quantitative estimate of drug-likeness (QED) is 0.0698. The van der Waals surface area contributed by atoms with Gasteiger partial charge in [0.25, 0.3) is 11.8 Å². The summed E-state index contributed by atoms with van der Waals surface area (Å²) in [6.45, 7) is 5.76. The number of amides is 9. The zero-order valence-corrected chi connectivity index (χ0v) is 28.7. The predicted octanol–water partition coefficient (Wildman–Crippen LogP) is 0.547. The summed E-state index contributed by atoms with van der Waals surface area (Å²) in [4.78, 5) is 97.7. The summed E-state index contributed by atoms with van der Waals surface area (Å²) >= 11 is 0. The lowest BCUT2D eigenvalue weighted by Crippen LogP contribution is -2.54. The Bertz CT molecular complexity index is 1380. The number of hydrogen-bond acceptors (Lipinski definition) is 9. The highest BCUT2D eigenvalue weighted by Crippen LogP contribution is 2.13. The zero-order chi connectivity index (χ0) is 37.1. The summed E-state index contributed by atoms with van der Waals surface area (Å²) in [5.41, 5.74) is 6.19. The van der Waals surface area contributed by atoms with Crippen LogP contribution in [0.2, 0.25) is 0 Å². The zero-order valence-electron chi connectivity index (χ0n) is 28.7. The van der Waals surface area contributed by atoms with E-state index in [0.29, 0.717) is 36.9 Å². The highest BCUT2D eigenvalue weighted by atomic mass is 16.5. The molecular formula is C33H48N8O9. The van der Waals surface area contributed by atoms with Gasteiger partial charge in [-0.05, 0) is 49.3 Å². The van der Waals surface area contributed by atoms with E-state index in [1.54, 1.807) is 38.1 Å². The van der Waals surface area contributed by atoms with Gasteiger partial charge in [-0.1, -0.05) is 32.4 Å². The number of alkyl carbamates (subject to hydrolysis) is 1. The fraction of sp³-hybridized carbons (Fsp3) is 0.515. The molecule has 274 valence electrons. The second-order valence-electron chi connectivity index (χ2n) is 11.9. The topological polar surface area (TPSA) is 247 Å². The molecule has 0 aliphatic carbocycles. The molecule has 0 aromatic heterocycles. The van der Waals surface area contributed by atoms with Crippen molar-refractivity contribution >= 4 is 53.3 Å². The largest absolute Gasteiger partial charge is 0.445 e. The smallest absolute Gasteiger partial charge is 0.407 e. The summed E-state index contributed by atoms with van der Waals surface area (Å²) < 4.78 is 5.15. The maximum absolute atomic E-state index is 13.4. The minimum atomic E-state index is -1.02. The highest BCUT2D eigenvalue weighted by Gasteiger charge is 2.29. The van der Waals surface area contributed by atoms with E-state index in [0.717, 1.165) is 4.90 Å². The fourth-order valence-corrected chi connectivity index (χ4v) is 4.73. The van der Waals surface area contributed by atoms with Gasteiger partial charge in [0, 0.05) is 57.4 Å². The Kier molecular flexibility index (Phi) is 17.5. The van der Waals surface area contributed by atoms with E-state index >= 15 is 0 Å². The molecule has 1 aromatic rings. The van der Waals surface area contributed by atoms with Crippen molar-refractivity contribution < 1.29 is 43.1 Å². The van der Waals surface area contributed by atoms with E-state index in [1.807, 2.05) is 0 Å². The third kappa shape index (κ3) is 15.6. The first-order chi connectivity index (χ1) is 23.8. The van der Waals surface area contributed by atoms with E-state index in [2.05, 4.69) is 31.9 Å².